The highest BCUT2D eigenvalue weighted by atomic mass is 16.3. The maximum Gasteiger partial charge on any atom is 0.268 e. The molecule has 0 radical (unpaired) electrons. The Hall–Kier alpha value is -2.21. The van der Waals surface area contributed by atoms with E-state index in [-0.39, 0.29) is 24.8 Å². The van der Waals surface area contributed by atoms with E-state index in [0.717, 1.165) is 5.56 Å². The van der Waals surface area contributed by atoms with Gasteiger partial charge >= 0.3 is 0 Å². The topological polar surface area (TPSA) is 82.0 Å². The summed E-state index contributed by atoms with van der Waals surface area (Å²) >= 11 is 0. The van der Waals surface area contributed by atoms with Crippen LogP contribution in [-0.4, -0.2) is 41.3 Å². The minimum absolute atomic E-state index is 0.108. The molecule has 6 nitrogen and oxygen atoms in total. The SMILES string of the molecule is CN1N=C(C(=O)N[C@H](CO)c2ccccc2)CCC1=O. The fourth-order valence-corrected chi connectivity index (χ4v) is 1.99. The number of nitrogens with one attached hydrogen (secondary N) is 1. The van der Waals surface area contributed by atoms with Crippen LogP contribution in [0.15, 0.2) is 35.4 Å². The summed E-state index contributed by atoms with van der Waals surface area (Å²) < 4.78 is 0. The monoisotopic (exact) mass is 275 g/mol. The van der Waals surface area contributed by atoms with Crippen molar-refractivity contribution in [2.24, 2.45) is 5.10 Å². The Morgan fingerprint density at radius 2 is 2.10 bits per heavy atom. The fourth-order valence-electron chi connectivity index (χ4n) is 1.99. The van der Waals surface area contributed by atoms with Gasteiger partial charge in [-0.05, 0) is 5.56 Å². The molecule has 0 bridgehead atoms. The molecule has 0 unspecified atom stereocenters. The molecule has 106 valence electrons. The van der Waals surface area contributed by atoms with Gasteiger partial charge in [0, 0.05) is 19.9 Å². The third-order valence-corrected chi connectivity index (χ3v) is 3.16. The molecule has 1 heterocycles. The molecule has 1 aromatic rings. The summed E-state index contributed by atoms with van der Waals surface area (Å²) in [5, 5.41) is 17.3. The van der Waals surface area contributed by atoms with Crippen LogP contribution in [0.5, 0.6) is 0 Å². The molecule has 2 N–H and O–H groups in total. The molecule has 2 amide bonds. The largest absolute Gasteiger partial charge is 0.394 e. The number of hydrogen-bond donors (Lipinski definition) is 2. The first-order chi connectivity index (χ1) is 9.61. The molecule has 0 saturated carbocycles. The minimum atomic E-state index is -0.477. The number of aliphatic hydroxyl groups excluding tert-OH is 1. The number of rotatable bonds is 4. The van der Waals surface area contributed by atoms with Gasteiger partial charge in [-0.25, -0.2) is 5.01 Å². The third kappa shape index (κ3) is 3.21. The lowest BCUT2D eigenvalue weighted by Crippen LogP contribution is -2.40. The number of carbonyl (C=O) groups is 2. The molecule has 0 aliphatic carbocycles. The molecule has 1 aliphatic heterocycles. The summed E-state index contributed by atoms with van der Waals surface area (Å²) in [6, 6.07) is 8.74. The van der Waals surface area contributed by atoms with Crippen molar-refractivity contribution in [1.82, 2.24) is 10.3 Å². The summed E-state index contributed by atoms with van der Waals surface area (Å²) in [7, 11) is 1.52. The molecule has 20 heavy (non-hydrogen) atoms. The zero-order chi connectivity index (χ0) is 14.5. The molecule has 0 saturated heterocycles. The number of hydrazone groups is 1. The Morgan fingerprint density at radius 1 is 1.40 bits per heavy atom. The molecule has 0 aromatic heterocycles. The second-order valence-corrected chi connectivity index (χ2v) is 4.58. The van der Waals surface area contributed by atoms with E-state index in [1.54, 1.807) is 0 Å². The van der Waals surface area contributed by atoms with Crippen molar-refractivity contribution < 1.29 is 14.7 Å². The summed E-state index contributed by atoms with van der Waals surface area (Å²) in [6.07, 6.45) is 0.597. The van der Waals surface area contributed by atoms with E-state index in [2.05, 4.69) is 10.4 Å². The summed E-state index contributed by atoms with van der Waals surface area (Å²) in [4.78, 5) is 23.4. The van der Waals surface area contributed by atoms with Crippen LogP contribution in [0.25, 0.3) is 0 Å². The second-order valence-electron chi connectivity index (χ2n) is 4.58. The smallest absolute Gasteiger partial charge is 0.268 e. The Balaban J connectivity index is 2.07. The average molecular weight is 275 g/mol. The number of carbonyl (C=O) groups excluding carboxylic acids is 2. The van der Waals surface area contributed by atoms with Crippen molar-refractivity contribution >= 4 is 17.5 Å². The van der Waals surface area contributed by atoms with Crippen LogP contribution in [0.3, 0.4) is 0 Å². The first kappa shape index (κ1) is 14.2. The average Bonchev–Trinajstić information content (AvgIpc) is 2.48. The normalized spacial score (nSPS) is 16.6. The third-order valence-electron chi connectivity index (χ3n) is 3.16. The highest BCUT2D eigenvalue weighted by Gasteiger charge is 2.23. The molecule has 6 heteroatoms. The van der Waals surface area contributed by atoms with Gasteiger partial charge in [0.05, 0.1) is 12.6 Å². The lowest BCUT2D eigenvalue weighted by molar-refractivity contribution is -0.130. The van der Waals surface area contributed by atoms with E-state index in [0.29, 0.717) is 12.1 Å². The molecular formula is C14H17N3O3. The van der Waals surface area contributed by atoms with Gasteiger partial charge in [0.15, 0.2) is 0 Å². The summed E-state index contributed by atoms with van der Waals surface area (Å²) in [5.74, 6) is -0.462. The Labute approximate surface area is 117 Å². The van der Waals surface area contributed by atoms with Crippen LogP contribution < -0.4 is 5.32 Å². The summed E-state index contributed by atoms with van der Waals surface area (Å²) in [5.41, 5.74) is 1.13. The van der Waals surface area contributed by atoms with E-state index in [1.165, 1.54) is 12.1 Å². The Kier molecular flexibility index (Phi) is 4.47. The Morgan fingerprint density at radius 3 is 2.70 bits per heavy atom. The van der Waals surface area contributed by atoms with Gasteiger partial charge in [-0.3, -0.25) is 9.59 Å². The number of nitrogens with zero attached hydrogens (tertiary/aromatic N) is 2. The zero-order valence-electron chi connectivity index (χ0n) is 11.2. The molecule has 1 atom stereocenters. The van der Waals surface area contributed by atoms with Crippen LogP contribution in [-0.2, 0) is 9.59 Å². The molecule has 2 rings (SSSR count). The van der Waals surface area contributed by atoms with Gasteiger partial charge in [0.25, 0.3) is 5.91 Å². The van der Waals surface area contributed by atoms with E-state index < -0.39 is 6.04 Å². The molecule has 1 aromatic carbocycles. The first-order valence-corrected chi connectivity index (χ1v) is 6.42. The van der Waals surface area contributed by atoms with Gasteiger partial charge in [-0.2, -0.15) is 5.10 Å². The predicted molar refractivity (Wildman–Crippen MR) is 73.9 cm³/mol. The van der Waals surface area contributed by atoms with Crippen LogP contribution in [0.2, 0.25) is 0 Å². The molecule has 0 fully saturated rings. The summed E-state index contributed by atoms with van der Waals surface area (Å²) in [6.45, 7) is -0.197. The van der Waals surface area contributed by atoms with Gasteiger partial charge < -0.3 is 10.4 Å². The number of aliphatic hydroxyl groups is 1. The second kappa shape index (κ2) is 6.29. The number of benzene rings is 1. The van der Waals surface area contributed by atoms with E-state index in [9.17, 15) is 14.7 Å². The van der Waals surface area contributed by atoms with Crippen molar-refractivity contribution in [3.05, 3.63) is 35.9 Å². The molecule has 1 aliphatic rings. The van der Waals surface area contributed by atoms with E-state index in [4.69, 9.17) is 0 Å². The quantitative estimate of drug-likeness (QED) is 0.836. The van der Waals surface area contributed by atoms with Crippen LogP contribution in [0, 0.1) is 0 Å². The lowest BCUT2D eigenvalue weighted by Gasteiger charge is -2.21. The minimum Gasteiger partial charge on any atom is -0.394 e. The maximum absolute atomic E-state index is 12.1. The highest BCUT2D eigenvalue weighted by molar-refractivity contribution is 6.39. The van der Waals surface area contributed by atoms with Crippen molar-refractivity contribution in [3.8, 4) is 0 Å². The van der Waals surface area contributed by atoms with E-state index in [1.807, 2.05) is 30.3 Å². The zero-order valence-corrected chi connectivity index (χ0v) is 11.2. The van der Waals surface area contributed by atoms with Crippen LogP contribution in [0.4, 0.5) is 0 Å². The maximum atomic E-state index is 12.1. The van der Waals surface area contributed by atoms with Gasteiger partial charge in [0.2, 0.25) is 5.91 Å². The van der Waals surface area contributed by atoms with Gasteiger partial charge in [-0.15, -0.1) is 0 Å². The fraction of sp³-hybridized carbons (Fsp3) is 0.357. The predicted octanol–water partition coefficient (Wildman–Crippen LogP) is 0.444. The van der Waals surface area contributed by atoms with Crippen molar-refractivity contribution in [2.45, 2.75) is 18.9 Å². The van der Waals surface area contributed by atoms with E-state index >= 15 is 0 Å². The highest BCUT2D eigenvalue weighted by Crippen LogP contribution is 2.13. The number of hydrogen-bond acceptors (Lipinski definition) is 4. The van der Waals surface area contributed by atoms with Gasteiger partial charge in [0.1, 0.15) is 5.71 Å². The number of amides is 2. The molecular weight excluding hydrogens is 258 g/mol. The van der Waals surface area contributed by atoms with Crippen molar-refractivity contribution in [3.63, 3.8) is 0 Å². The van der Waals surface area contributed by atoms with Crippen LogP contribution >= 0.6 is 0 Å². The Bertz CT molecular complexity index is 528. The van der Waals surface area contributed by atoms with Crippen molar-refractivity contribution in [2.75, 3.05) is 13.7 Å². The standard InChI is InChI=1S/C14H17N3O3/c1-17-13(19)8-7-11(16-17)14(20)15-12(9-18)10-5-3-2-4-6-10/h2-6,12,18H,7-9H2,1H3,(H,15,20)/t12-/m1/s1. The lowest BCUT2D eigenvalue weighted by atomic mass is 10.1. The first-order valence-electron chi connectivity index (χ1n) is 6.42. The van der Waals surface area contributed by atoms with Crippen LogP contribution in [0.1, 0.15) is 24.4 Å². The van der Waals surface area contributed by atoms with Crippen molar-refractivity contribution in [1.29, 1.82) is 0 Å². The molecule has 0 spiro atoms. The van der Waals surface area contributed by atoms with Gasteiger partial charge in [-0.1, -0.05) is 30.3 Å².